The van der Waals surface area contributed by atoms with Crippen LogP contribution in [0.5, 0.6) is 0 Å². The van der Waals surface area contributed by atoms with Gasteiger partial charge in [0.1, 0.15) is 6.04 Å². The van der Waals surface area contributed by atoms with Crippen LogP contribution in [-0.2, 0) is 0 Å². The van der Waals surface area contributed by atoms with Gasteiger partial charge >= 0.3 is 0 Å². The summed E-state index contributed by atoms with van der Waals surface area (Å²) in [6, 6.07) is 5.33. The molecule has 0 spiro atoms. The summed E-state index contributed by atoms with van der Waals surface area (Å²) in [5.74, 6) is 0. The molecule has 0 aromatic carbocycles. The third-order valence-electron chi connectivity index (χ3n) is 2.02. The molecule has 1 aromatic heterocycles. The van der Waals surface area contributed by atoms with Crippen molar-refractivity contribution in [3.8, 4) is 6.07 Å². The molecular weight excluding hydrogens is 284 g/mol. The average molecular weight is 295 g/mol. The number of nitrogens with zero attached hydrogens (tertiary/aromatic N) is 5. The standard InChI is InChI=1S/C10H11BrN6/c11-8-2-3-9(15-7-8)10(6-12)14-4-1-5-16-17-13/h2-3,7,10,14H,1,4-5H2. The van der Waals surface area contributed by atoms with Crippen LogP contribution < -0.4 is 5.32 Å². The Kier molecular flexibility index (Phi) is 6.04. The molecule has 88 valence electrons. The second-order valence-corrected chi connectivity index (χ2v) is 4.14. The Morgan fingerprint density at radius 1 is 1.65 bits per heavy atom. The quantitative estimate of drug-likeness (QED) is 0.378. The monoisotopic (exact) mass is 294 g/mol. The summed E-state index contributed by atoms with van der Waals surface area (Å²) in [6.45, 7) is 1.03. The molecule has 0 aliphatic heterocycles. The van der Waals surface area contributed by atoms with Gasteiger partial charge in [0, 0.05) is 22.1 Å². The summed E-state index contributed by atoms with van der Waals surface area (Å²) in [6.07, 6.45) is 2.35. The zero-order chi connectivity index (χ0) is 12.5. The third-order valence-corrected chi connectivity index (χ3v) is 2.49. The zero-order valence-electron chi connectivity index (χ0n) is 9.04. The van der Waals surface area contributed by atoms with Crippen molar-refractivity contribution in [2.75, 3.05) is 13.1 Å². The number of nitriles is 1. The highest BCUT2D eigenvalue weighted by Crippen LogP contribution is 2.13. The molecule has 1 atom stereocenters. The number of aromatic nitrogens is 1. The van der Waals surface area contributed by atoms with E-state index in [1.165, 1.54) is 0 Å². The largest absolute Gasteiger partial charge is 0.297 e. The Hall–Kier alpha value is -1.61. The number of nitrogens with one attached hydrogen (secondary N) is 1. The van der Waals surface area contributed by atoms with Crippen LogP contribution in [0.1, 0.15) is 18.2 Å². The van der Waals surface area contributed by atoms with Crippen molar-refractivity contribution in [1.82, 2.24) is 10.3 Å². The Morgan fingerprint density at radius 2 is 2.47 bits per heavy atom. The minimum absolute atomic E-state index is 0.426. The van der Waals surface area contributed by atoms with Gasteiger partial charge in [-0.15, -0.1) is 0 Å². The molecule has 7 heteroatoms. The summed E-state index contributed by atoms with van der Waals surface area (Å²) in [5.41, 5.74) is 8.78. The number of azide groups is 1. The van der Waals surface area contributed by atoms with E-state index < -0.39 is 6.04 Å². The molecule has 1 heterocycles. The number of hydrogen-bond donors (Lipinski definition) is 1. The summed E-state index contributed by atoms with van der Waals surface area (Å²) in [4.78, 5) is 6.81. The maximum absolute atomic E-state index is 9.01. The van der Waals surface area contributed by atoms with Gasteiger partial charge in [0.2, 0.25) is 0 Å². The summed E-state index contributed by atoms with van der Waals surface area (Å²) >= 11 is 3.29. The third kappa shape index (κ3) is 4.83. The van der Waals surface area contributed by atoms with Crippen molar-refractivity contribution in [3.63, 3.8) is 0 Å². The van der Waals surface area contributed by atoms with Crippen molar-refractivity contribution in [2.45, 2.75) is 12.5 Å². The Bertz CT molecular complexity index is 431. The van der Waals surface area contributed by atoms with Gasteiger partial charge in [-0.1, -0.05) is 5.11 Å². The van der Waals surface area contributed by atoms with E-state index in [2.05, 4.69) is 42.3 Å². The lowest BCUT2D eigenvalue weighted by atomic mass is 10.2. The fraction of sp³-hybridized carbons (Fsp3) is 0.400. The van der Waals surface area contributed by atoms with Crippen molar-refractivity contribution in [1.29, 1.82) is 5.26 Å². The second-order valence-electron chi connectivity index (χ2n) is 3.23. The Balaban J connectivity index is 2.46. The second kappa shape index (κ2) is 7.63. The molecular formula is C10H11BrN6. The van der Waals surface area contributed by atoms with Crippen molar-refractivity contribution >= 4 is 15.9 Å². The highest BCUT2D eigenvalue weighted by Gasteiger charge is 2.10. The van der Waals surface area contributed by atoms with E-state index in [4.69, 9.17) is 10.8 Å². The molecule has 0 bridgehead atoms. The maximum atomic E-state index is 9.01. The van der Waals surface area contributed by atoms with Crippen LogP contribution in [0, 0.1) is 11.3 Å². The molecule has 0 saturated carbocycles. The molecule has 6 nitrogen and oxygen atoms in total. The highest BCUT2D eigenvalue weighted by molar-refractivity contribution is 9.10. The number of halogens is 1. The van der Waals surface area contributed by atoms with Crippen LogP contribution in [-0.4, -0.2) is 18.1 Å². The molecule has 0 fully saturated rings. The van der Waals surface area contributed by atoms with Gasteiger partial charge in [0.25, 0.3) is 0 Å². The minimum Gasteiger partial charge on any atom is -0.297 e. The Labute approximate surface area is 107 Å². The molecule has 0 aliphatic carbocycles. The molecule has 1 aromatic rings. The lowest BCUT2D eigenvalue weighted by Gasteiger charge is -2.10. The van der Waals surface area contributed by atoms with Crippen molar-refractivity contribution < 1.29 is 0 Å². The first-order valence-corrected chi connectivity index (χ1v) is 5.82. The Morgan fingerprint density at radius 3 is 3.06 bits per heavy atom. The van der Waals surface area contributed by atoms with E-state index in [0.29, 0.717) is 25.2 Å². The van der Waals surface area contributed by atoms with Gasteiger partial charge in [-0.3, -0.25) is 10.3 Å². The summed E-state index contributed by atoms with van der Waals surface area (Å²) < 4.78 is 0.876. The normalized spacial score (nSPS) is 11.3. The van der Waals surface area contributed by atoms with E-state index in [-0.39, 0.29) is 0 Å². The van der Waals surface area contributed by atoms with Gasteiger partial charge in [0.05, 0.1) is 11.8 Å². The van der Waals surface area contributed by atoms with Crippen LogP contribution in [0.15, 0.2) is 27.9 Å². The molecule has 17 heavy (non-hydrogen) atoms. The number of hydrogen-bond acceptors (Lipinski definition) is 4. The van der Waals surface area contributed by atoms with Gasteiger partial charge < -0.3 is 0 Å². The van der Waals surface area contributed by atoms with Crippen LogP contribution in [0.25, 0.3) is 10.4 Å². The average Bonchev–Trinajstić information content (AvgIpc) is 2.35. The predicted octanol–water partition coefficient (Wildman–Crippen LogP) is 2.70. The van der Waals surface area contributed by atoms with Gasteiger partial charge in [-0.25, -0.2) is 0 Å². The van der Waals surface area contributed by atoms with E-state index in [0.717, 1.165) is 4.47 Å². The first-order chi connectivity index (χ1) is 8.27. The van der Waals surface area contributed by atoms with E-state index >= 15 is 0 Å². The van der Waals surface area contributed by atoms with Crippen molar-refractivity contribution in [3.05, 3.63) is 38.9 Å². The molecule has 1 rings (SSSR count). The highest BCUT2D eigenvalue weighted by atomic mass is 79.9. The topological polar surface area (TPSA) is 97.5 Å². The molecule has 0 aliphatic rings. The van der Waals surface area contributed by atoms with Crippen LogP contribution in [0.4, 0.5) is 0 Å². The van der Waals surface area contributed by atoms with Gasteiger partial charge in [-0.2, -0.15) is 5.26 Å². The van der Waals surface area contributed by atoms with Crippen LogP contribution in [0.2, 0.25) is 0 Å². The molecule has 1 N–H and O–H groups in total. The number of pyridine rings is 1. The summed E-state index contributed by atoms with van der Waals surface area (Å²) in [5, 5.41) is 15.5. The van der Waals surface area contributed by atoms with Crippen LogP contribution >= 0.6 is 15.9 Å². The van der Waals surface area contributed by atoms with Gasteiger partial charge in [-0.05, 0) is 46.6 Å². The first kappa shape index (κ1) is 13.5. The molecule has 1 unspecified atom stereocenters. The molecule has 0 radical (unpaired) electrons. The zero-order valence-corrected chi connectivity index (χ0v) is 10.6. The fourth-order valence-corrected chi connectivity index (χ4v) is 1.45. The summed E-state index contributed by atoms with van der Waals surface area (Å²) in [7, 11) is 0. The van der Waals surface area contributed by atoms with E-state index in [9.17, 15) is 0 Å². The number of rotatable bonds is 6. The lowest BCUT2D eigenvalue weighted by Crippen LogP contribution is -2.22. The van der Waals surface area contributed by atoms with E-state index in [1.54, 1.807) is 12.3 Å². The lowest BCUT2D eigenvalue weighted by molar-refractivity contribution is 0.597. The molecule has 0 saturated heterocycles. The smallest absolute Gasteiger partial charge is 0.138 e. The van der Waals surface area contributed by atoms with E-state index in [1.807, 2.05) is 6.07 Å². The SMILES string of the molecule is N#CC(NCCCN=[N+]=[N-])c1ccc(Br)cn1. The predicted molar refractivity (Wildman–Crippen MR) is 66.9 cm³/mol. The van der Waals surface area contributed by atoms with Crippen LogP contribution in [0.3, 0.4) is 0 Å². The van der Waals surface area contributed by atoms with Crippen molar-refractivity contribution in [2.24, 2.45) is 5.11 Å². The molecule has 0 amide bonds. The van der Waals surface area contributed by atoms with Gasteiger partial charge in [0.15, 0.2) is 0 Å². The maximum Gasteiger partial charge on any atom is 0.138 e. The fourth-order valence-electron chi connectivity index (χ4n) is 1.22. The first-order valence-electron chi connectivity index (χ1n) is 5.03. The minimum atomic E-state index is -0.436.